The van der Waals surface area contributed by atoms with Crippen LogP contribution in [0.1, 0.15) is 5.56 Å². The van der Waals surface area contributed by atoms with Crippen LogP contribution >= 0.6 is 0 Å². The molecule has 0 saturated carbocycles. The van der Waals surface area contributed by atoms with Crippen molar-refractivity contribution in [3.05, 3.63) is 181 Å². The Morgan fingerprint density at radius 3 is 1.57 bits per heavy atom. The fraction of sp³-hybridized carbons (Fsp3) is 0. The predicted molar refractivity (Wildman–Crippen MR) is 203 cm³/mol. The highest BCUT2D eigenvalue weighted by Gasteiger charge is 2.19. The van der Waals surface area contributed by atoms with Crippen LogP contribution in [-0.2, 0) is 0 Å². The number of rotatable bonds is 5. The van der Waals surface area contributed by atoms with Gasteiger partial charge in [-0.1, -0.05) is 140 Å². The van der Waals surface area contributed by atoms with Crippen molar-refractivity contribution >= 4 is 32.6 Å². The molecule has 9 aromatic rings. The van der Waals surface area contributed by atoms with Gasteiger partial charge in [0.15, 0.2) is 0 Å². The van der Waals surface area contributed by atoms with Gasteiger partial charge in [-0.15, -0.1) is 0 Å². The summed E-state index contributed by atoms with van der Waals surface area (Å²) < 4.78 is 2.19. The third kappa shape index (κ3) is 4.87. The Bertz CT molecular complexity index is 2640. The van der Waals surface area contributed by atoms with Crippen LogP contribution in [0.4, 0.5) is 0 Å². The average molecular weight is 624 g/mol. The van der Waals surface area contributed by atoms with E-state index in [1.54, 1.807) is 0 Å². The zero-order valence-corrected chi connectivity index (χ0v) is 26.6. The summed E-state index contributed by atoms with van der Waals surface area (Å²) >= 11 is 0. The van der Waals surface area contributed by atoms with Crippen molar-refractivity contribution in [2.75, 3.05) is 0 Å². The van der Waals surface area contributed by atoms with Gasteiger partial charge in [-0.2, -0.15) is 5.26 Å². The lowest BCUT2D eigenvalue weighted by atomic mass is 9.85. The smallest absolute Gasteiger partial charge is 0.145 e. The summed E-state index contributed by atoms with van der Waals surface area (Å²) in [5.41, 5.74) is 11.6. The molecule has 0 saturated heterocycles. The molecule has 0 unspecified atom stereocenters. The number of aromatic nitrogens is 2. The molecule has 0 atom stereocenters. The Hall–Kier alpha value is -6.76. The second-order valence-corrected chi connectivity index (χ2v) is 12.3. The standard InChI is InChI=1S/C46H29N3/c47-30-31-22-27-43-42(28-31)48-46(49(43)37-16-5-2-6-17-37)36-15-11-14-35(29-36)45-40-20-9-7-18-38(40)44(39-19-8-10-21-41(39)45)34-25-23-33(24-26-34)32-12-3-1-4-13-32/h1-29H. The van der Waals surface area contributed by atoms with Gasteiger partial charge in [0.25, 0.3) is 0 Å². The fourth-order valence-corrected chi connectivity index (χ4v) is 7.21. The van der Waals surface area contributed by atoms with E-state index in [1.807, 2.05) is 36.4 Å². The van der Waals surface area contributed by atoms with Gasteiger partial charge in [-0.3, -0.25) is 4.57 Å². The molecular weight excluding hydrogens is 595 g/mol. The number of benzene rings is 8. The van der Waals surface area contributed by atoms with E-state index in [0.29, 0.717) is 5.56 Å². The molecule has 0 aliphatic carbocycles. The van der Waals surface area contributed by atoms with Crippen LogP contribution < -0.4 is 0 Å². The van der Waals surface area contributed by atoms with Crippen molar-refractivity contribution in [1.29, 1.82) is 5.26 Å². The topological polar surface area (TPSA) is 41.6 Å². The van der Waals surface area contributed by atoms with Crippen molar-refractivity contribution in [2.24, 2.45) is 0 Å². The summed E-state index contributed by atoms with van der Waals surface area (Å²) in [4.78, 5) is 5.12. The largest absolute Gasteiger partial charge is 0.292 e. The van der Waals surface area contributed by atoms with Crippen molar-refractivity contribution in [3.8, 4) is 56.5 Å². The summed E-state index contributed by atoms with van der Waals surface area (Å²) in [6.07, 6.45) is 0. The third-order valence-electron chi connectivity index (χ3n) is 9.42. The van der Waals surface area contributed by atoms with Gasteiger partial charge in [0.05, 0.1) is 22.7 Å². The summed E-state index contributed by atoms with van der Waals surface area (Å²) in [7, 11) is 0. The lowest BCUT2D eigenvalue weighted by Crippen LogP contribution is -1.97. The SMILES string of the molecule is N#Cc1ccc2c(c1)nc(-c1cccc(-c3c4ccccc4c(-c4ccc(-c5ccccc5)cc4)c4ccccc34)c1)n2-c1ccccc1. The van der Waals surface area contributed by atoms with E-state index in [4.69, 9.17) is 4.98 Å². The van der Waals surface area contributed by atoms with E-state index >= 15 is 0 Å². The van der Waals surface area contributed by atoms with Crippen molar-refractivity contribution < 1.29 is 0 Å². The monoisotopic (exact) mass is 623 g/mol. The molecule has 9 rings (SSSR count). The van der Waals surface area contributed by atoms with Crippen LogP contribution in [0, 0.1) is 11.3 Å². The Morgan fingerprint density at radius 1 is 0.429 bits per heavy atom. The number of para-hydroxylation sites is 1. The Labute approximate surface area is 284 Å². The quantitative estimate of drug-likeness (QED) is 0.179. The fourth-order valence-electron chi connectivity index (χ4n) is 7.21. The number of imidazole rings is 1. The number of nitrogens with zero attached hydrogens (tertiary/aromatic N) is 3. The van der Waals surface area contributed by atoms with Gasteiger partial charge in [0.2, 0.25) is 0 Å². The molecule has 0 aliphatic heterocycles. The first kappa shape index (κ1) is 28.5. The Balaban J connectivity index is 1.26. The van der Waals surface area contributed by atoms with Crippen LogP contribution in [0.5, 0.6) is 0 Å². The molecule has 1 aromatic heterocycles. The third-order valence-corrected chi connectivity index (χ3v) is 9.42. The van der Waals surface area contributed by atoms with Crippen LogP contribution in [-0.4, -0.2) is 9.55 Å². The molecule has 3 heteroatoms. The lowest BCUT2D eigenvalue weighted by Gasteiger charge is -2.18. The van der Waals surface area contributed by atoms with Gasteiger partial charge in [0.1, 0.15) is 5.82 Å². The molecule has 0 radical (unpaired) electrons. The van der Waals surface area contributed by atoms with E-state index < -0.39 is 0 Å². The summed E-state index contributed by atoms with van der Waals surface area (Å²) in [6, 6.07) is 64.0. The first-order valence-electron chi connectivity index (χ1n) is 16.4. The van der Waals surface area contributed by atoms with Crippen molar-refractivity contribution in [3.63, 3.8) is 0 Å². The molecular formula is C46H29N3. The zero-order valence-electron chi connectivity index (χ0n) is 26.6. The van der Waals surface area contributed by atoms with Gasteiger partial charge in [-0.25, -0.2) is 4.98 Å². The molecule has 0 amide bonds. The maximum atomic E-state index is 9.61. The number of hydrogen-bond donors (Lipinski definition) is 0. The maximum Gasteiger partial charge on any atom is 0.145 e. The molecule has 3 nitrogen and oxygen atoms in total. The van der Waals surface area contributed by atoms with Crippen molar-refractivity contribution in [2.45, 2.75) is 0 Å². The van der Waals surface area contributed by atoms with Crippen LogP contribution in [0.2, 0.25) is 0 Å². The highest BCUT2D eigenvalue weighted by atomic mass is 15.1. The summed E-state index contributed by atoms with van der Waals surface area (Å²) in [5.74, 6) is 0.835. The molecule has 0 spiro atoms. The highest BCUT2D eigenvalue weighted by Crippen LogP contribution is 2.44. The van der Waals surface area contributed by atoms with Gasteiger partial charge < -0.3 is 0 Å². The maximum absolute atomic E-state index is 9.61. The van der Waals surface area contributed by atoms with E-state index in [9.17, 15) is 5.26 Å². The van der Waals surface area contributed by atoms with E-state index in [-0.39, 0.29) is 0 Å². The molecule has 8 aromatic carbocycles. The number of nitriles is 1. The van der Waals surface area contributed by atoms with Crippen LogP contribution in [0.15, 0.2) is 176 Å². The first-order chi connectivity index (χ1) is 24.3. The summed E-state index contributed by atoms with van der Waals surface area (Å²) in [6.45, 7) is 0. The molecule has 49 heavy (non-hydrogen) atoms. The minimum Gasteiger partial charge on any atom is -0.292 e. The minimum absolute atomic E-state index is 0.596. The van der Waals surface area contributed by atoms with Gasteiger partial charge >= 0.3 is 0 Å². The molecule has 228 valence electrons. The number of fused-ring (bicyclic) bond motifs is 3. The van der Waals surface area contributed by atoms with Crippen LogP contribution in [0.3, 0.4) is 0 Å². The van der Waals surface area contributed by atoms with Crippen LogP contribution in [0.25, 0.3) is 83.0 Å². The Kier molecular flexibility index (Phi) is 6.85. The zero-order chi connectivity index (χ0) is 32.7. The summed E-state index contributed by atoms with van der Waals surface area (Å²) in [5, 5.41) is 14.5. The Morgan fingerprint density at radius 2 is 0.939 bits per heavy atom. The molecule has 0 N–H and O–H groups in total. The van der Waals surface area contributed by atoms with E-state index in [1.165, 1.54) is 49.4 Å². The molecule has 0 bridgehead atoms. The molecule has 1 heterocycles. The second kappa shape index (κ2) is 11.8. The predicted octanol–water partition coefficient (Wildman–Crippen LogP) is 11.9. The normalized spacial score (nSPS) is 11.2. The second-order valence-electron chi connectivity index (χ2n) is 12.3. The average Bonchev–Trinajstić information content (AvgIpc) is 3.57. The van der Waals surface area contributed by atoms with E-state index in [0.717, 1.165) is 33.7 Å². The highest BCUT2D eigenvalue weighted by molar-refractivity contribution is 6.21. The lowest BCUT2D eigenvalue weighted by molar-refractivity contribution is 1.10. The van der Waals surface area contributed by atoms with Gasteiger partial charge in [-0.05, 0) is 91.3 Å². The van der Waals surface area contributed by atoms with Gasteiger partial charge in [0, 0.05) is 11.3 Å². The number of hydrogen-bond acceptors (Lipinski definition) is 2. The van der Waals surface area contributed by atoms with E-state index in [2.05, 4.69) is 150 Å². The molecule has 0 fully saturated rings. The first-order valence-corrected chi connectivity index (χ1v) is 16.4. The molecule has 0 aliphatic rings. The van der Waals surface area contributed by atoms with Crippen molar-refractivity contribution in [1.82, 2.24) is 9.55 Å². The minimum atomic E-state index is 0.596.